The average Bonchev–Trinajstić information content (AvgIpc) is 3.00. The number of aryl methyl sites for hydroxylation is 1. The molecular weight excluding hydrogens is 310 g/mol. The van der Waals surface area contributed by atoms with Gasteiger partial charge >= 0.3 is 0 Å². The van der Waals surface area contributed by atoms with E-state index in [1.807, 2.05) is 41.3 Å². The third kappa shape index (κ3) is 3.54. The van der Waals surface area contributed by atoms with Crippen LogP contribution in [0.15, 0.2) is 42.5 Å². The van der Waals surface area contributed by atoms with Crippen molar-refractivity contribution >= 4 is 17.3 Å². The van der Waals surface area contributed by atoms with E-state index in [9.17, 15) is 4.79 Å². The third-order valence-corrected chi connectivity index (χ3v) is 5.29. The molecule has 0 aliphatic carbocycles. The molecule has 1 amide bonds. The van der Waals surface area contributed by atoms with Crippen LogP contribution in [0.5, 0.6) is 0 Å². The lowest BCUT2D eigenvalue weighted by Gasteiger charge is -2.23. The molecule has 1 heterocycles. The van der Waals surface area contributed by atoms with Crippen LogP contribution in [-0.4, -0.2) is 29.9 Å². The van der Waals surface area contributed by atoms with E-state index in [0.29, 0.717) is 18.0 Å². The van der Waals surface area contributed by atoms with E-state index in [1.165, 1.54) is 11.1 Å². The summed E-state index contributed by atoms with van der Waals surface area (Å²) < 4.78 is 0. The van der Waals surface area contributed by atoms with Crippen LogP contribution >= 0.6 is 0 Å². The molecule has 132 valence electrons. The Balaban J connectivity index is 1.88. The Morgan fingerprint density at radius 1 is 1.16 bits per heavy atom. The van der Waals surface area contributed by atoms with E-state index in [4.69, 9.17) is 5.73 Å². The van der Waals surface area contributed by atoms with Gasteiger partial charge in [-0.15, -0.1) is 0 Å². The SMILES string of the molecule is Cc1cccc(Nc2ccccc2C(=O)N2CC(CN)CC2C)c1C. The van der Waals surface area contributed by atoms with E-state index in [-0.39, 0.29) is 11.9 Å². The lowest BCUT2D eigenvalue weighted by Crippen LogP contribution is -2.34. The van der Waals surface area contributed by atoms with Crippen LogP contribution < -0.4 is 11.1 Å². The maximum Gasteiger partial charge on any atom is 0.256 e. The molecule has 2 unspecified atom stereocenters. The minimum absolute atomic E-state index is 0.0804. The molecule has 0 radical (unpaired) electrons. The molecule has 25 heavy (non-hydrogen) atoms. The zero-order chi connectivity index (χ0) is 18.0. The Kier molecular flexibility index (Phi) is 5.09. The van der Waals surface area contributed by atoms with Crippen molar-refractivity contribution < 1.29 is 4.79 Å². The van der Waals surface area contributed by atoms with Crippen LogP contribution in [0.2, 0.25) is 0 Å². The summed E-state index contributed by atoms with van der Waals surface area (Å²) in [5.41, 5.74) is 10.8. The largest absolute Gasteiger partial charge is 0.355 e. The number of para-hydroxylation sites is 1. The molecule has 2 atom stereocenters. The lowest BCUT2D eigenvalue weighted by molar-refractivity contribution is 0.0744. The summed E-state index contributed by atoms with van der Waals surface area (Å²) >= 11 is 0. The van der Waals surface area contributed by atoms with Gasteiger partial charge in [-0.1, -0.05) is 24.3 Å². The second-order valence-corrected chi connectivity index (χ2v) is 7.06. The number of carbonyl (C=O) groups excluding carboxylic acids is 1. The van der Waals surface area contributed by atoms with Crippen molar-refractivity contribution in [2.75, 3.05) is 18.4 Å². The number of amides is 1. The first kappa shape index (κ1) is 17.5. The van der Waals surface area contributed by atoms with Gasteiger partial charge in [0.05, 0.1) is 11.3 Å². The van der Waals surface area contributed by atoms with Crippen LogP contribution in [0.4, 0.5) is 11.4 Å². The van der Waals surface area contributed by atoms with E-state index >= 15 is 0 Å². The number of anilines is 2. The Morgan fingerprint density at radius 3 is 2.60 bits per heavy atom. The van der Waals surface area contributed by atoms with E-state index in [1.54, 1.807) is 0 Å². The number of nitrogens with zero attached hydrogens (tertiary/aromatic N) is 1. The van der Waals surface area contributed by atoms with E-state index < -0.39 is 0 Å². The van der Waals surface area contributed by atoms with Gasteiger partial charge in [-0.25, -0.2) is 0 Å². The smallest absolute Gasteiger partial charge is 0.256 e. The van der Waals surface area contributed by atoms with Gasteiger partial charge in [0.15, 0.2) is 0 Å². The number of rotatable bonds is 4. The lowest BCUT2D eigenvalue weighted by atomic mass is 10.1. The molecule has 0 spiro atoms. The Bertz CT molecular complexity index is 771. The highest BCUT2D eigenvalue weighted by Gasteiger charge is 2.32. The summed E-state index contributed by atoms with van der Waals surface area (Å²) in [6, 6.07) is 14.2. The van der Waals surface area contributed by atoms with Crippen LogP contribution in [0, 0.1) is 19.8 Å². The quantitative estimate of drug-likeness (QED) is 0.891. The molecule has 1 aliphatic rings. The number of hydrogen-bond donors (Lipinski definition) is 2. The molecule has 2 aromatic carbocycles. The zero-order valence-corrected chi connectivity index (χ0v) is 15.3. The van der Waals surface area contributed by atoms with Gasteiger partial charge in [0.2, 0.25) is 0 Å². The standard InChI is InChI=1S/C21H27N3O/c1-14-7-6-10-19(16(14)3)23-20-9-5-4-8-18(20)21(25)24-13-17(12-22)11-15(24)2/h4-10,15,17,23H,11-13,22H2,1-3H3. The fraction of sp³-hybridized carbons (Fsp3) is 0.381. The normalized spacial score (nSPS) is 19.9. The highest BCUT2D eigenvalue weighted by molar-refractivity contribution is 6.00. The summed E-state index contributed by atoms with van der Waals surface area (Å²) in [6.45, 7) is 7.67. The van der Waals surface area contributed by atoms with Gasteiger partial charge < -0.3 is 16.0 Å². The highest BCUT2D eigenvalue weighted by Crippen LogP contribution is 2.29. The van der Waals surface area contributed by atoms with Gasteiger partial charge in [0, 0.05) is 18.3 Å². The summed E-state index contributed by atoms with van der Waals surface area (Å²) in [7, 11) is 0. The maximum absolute atomic E-state index is 13.1. The van der Waals surface area contributed by atoms with Crippen LogP contribution in [0.25, 0.3) is 0 Å². The topological polar surface area (TPSA) is 58.4 Å². The van der Waals surface area contributed by atoms with Gasteiger partial charge in [-0.2, -0.15) is 0 Å². The van der Waals surface area contributed by atoms with Gasteiger partial charge in [-0.05, 0) is 69.0 Å². The summed E-state index contributed by atoms with van der Waals surface area (Å²) in [6.07, 6.45) is 0.981. The molecule has 0 aromatic heterocycles. The molecule has 2 aromatic rings. The summed E-state index contributed by atoms with van der Waals surface area (Å²) in [4.78, 5) is 15.1. The first-order valence-electron chi connectivity index (χ1n) is 8.94. The molecule has 4 heteroatoms. The molecule has 4 nitrogen and oxygen atoms in total. The average molecular weight is 337 g/mol. The second kappa shape index (κ2) is 7.28. The fourth-order valence-electron chi connectivity index (χ4n) is 3.56. The monoisotopic (exact) mass is 337 g/mol. The predicted octanol–water partition coefficient (Wildman–Crippen LogP) is 3.86. The van der Waals surface area contributed by atoms with Gasteiger partial charge in [0.25, 0.3) is 5.91 Å². The minimum Gasteiger partial charge on any atom is -0.355 e. The first-order valence-corrected chi connectivity index (χ1v) is 8.94. The molecular formula is C21H27N3O. The van der Waals surface area contributed by atoms with Crippen LogP contribution in [0.1, 0.15) is 34.8 Å². The molecule has 3 rings (SSSR count). The highest BCUT2D eigenvalue weighted by atomic mass is 16.2. The zero-order valence-electron chi connectivity index (χ0n) is 15.3. The fourth-order valence-corrected chi connectivity index (χ4v) is 3.56. The number of hydrogen-bond acceptors (Lipinski definition) is 3. The van der Waals surface area contributed by atoms with Crippen molar-refractivity contribution in [1.82, 2.24) is 4.90 Å². The van der Waals surface area contributed by atoms with Gasteiger partial charge in [-0.3, -0.25) is 4.79 Å². The Hall–Kier alpha value is -2.33. The second-order valence-electron chi connectivity index (χ2n) is 7.06. The number of likely N-dealkylation sites (tertiary alicyclic amines) is 1. The first-order chi connectivity index (χ1) is 12.0. The molecule has 1 aliphatic heterocycles. The van der Waals surface area contributed by atoms with Crippen molar-refractivity contribution in [3.05, 3.63) is 59.2 Å². The Morgan fingerprint density at radius 2 is 1.88 bits per heavy atom. The van der Waals surface area contributed by atoms with Crippen LogP contribution in [0.3, 0.4) is 0 Å². The van der Waals surface area contributed by atoms with Gasteiger partial charge in [0.1, 0.15) is 0 Å². The van der Waals surface area contributed by atoms with Crippen molar-refractivity contribution in [3.8, 4) is 0 Å². The third-order valence-electron chi connectivity index (χ3n) is 5.29. The Labute approximate surface area is 150 Å². The molecule has 1 fully saturated rings. The summed E-state index contributed by atoms with van der Waals surface area (Å²) in [5.74, 6) is 0.481. The van der Waals surface area contributed by atoms with Crippen LogP contribution in [-0.2, 0) is 0 Å². The molecule has 3 N–H and O–H groups in total. The molecule has 0 saturated carbocycles. The van der Waals surface area contributed by atoms with Crippen molar-refractivity contribution in [2.24, 2.45) is 11.7 Å². The molecule has 0 bridgehead atoms. The number of carbonyl (C=O) groups is 1. The van der Waals surface area contributed by atoms with Crippen molar-refractivity contribution in [1.29, 1.82) is 0 Å². The minimum atomic E-state index is 0.0804. The number of nitrogens with one attached hydrogen (secondary N) is 1. The predicted molar refractivity (Wildman–Crippen MR) is 103 cm³/mol. The maximum atomic E-state index is 13.1. The van der Waals surface area contributed by atoms with Crippen molar-refractivity contribution in [3.63, 3.8) is 0 Å². The van der Waals surface area contributed by atoms with E-state index in [0.717, 1.165) is 24.3 Å². The van der Waals surface area contributed by atoms with E-state index in [2.05, 4.69) is 32.2 Å². The number of nitrogens with two attached hydrogens (primary N) is 1. The van der Waals surface area contributed by atoms with Crippen molar-refractivity contribution in [2.45, 2.75) is 33.2 Å². The number of benzene rings is 2. The summed E-state index contributed by atoms with van der Waals surface area (Å²) in [5, 5.41) is 3.45. The molecule has 1 saturated heterocycles.